The molecule has 126 valence electrons. The molecule has 4 atom stereocenters. The van der Waals surface area contributed by atoms with Gasteiger partial charge in [-0.2, -0.15) is 12.6 Å². The summed E-state index contributed by atoms with van der Waals surface area (Å²) in [6.45, 7) is 2.01. The first-order chi connectivity index (χ1) is 10.3. The van der Waals surface area contributed by atoms with Crippen LogP contribution >= 0.6 is 12.6 Å². The summed E-state index contributed by atoms with van der Waals surface area (Å²) in [7, 11) is 1.25. The van der Waals surface area contributed by atoms with Crippen LogP contribution in [0.4, 0.5) is 0 Å². The Morgan fingerprint density at radius 3 is 2.45 bits per heavy atom. The highest BCUT2D eigenvalue weighted by atomic mass is 32.1. The van der Waals surface area contributed by atoms with Crippen LogP contribution in [0.25, 0.3) is 0 Å². The Morgan fingerprint density at radius 1 is 1.41 bits per heavy atom. The van der Waals surface area contributed by atoms with Crippen molar-refractivity contribution >= 4 is 30.5 Å². The van der Waals surface area contributed by atoms with Crippen molar-refractivity contribution in [3.05, 3.63) is 0 Å². The molecule has 2 unspecified atom stereocenters. The number of hydrogen-bond donors (Lipinski definition) is 3. The van der Waals surface area contributed by atoms with Crippen LogP contribution in [-0.4, -0.2) is 58.8 Å². The smallest absolute Gasteiger partial charge is 0.329 e. The average Bonchev–Trinajstić information content (AvgIpc) is 2.88. The molecule has 7 nitrogen and oxygen atoms in total. The van der Waals surface area contributed by atoms with Gasteiger partial charge in [0.25, 0.3) is 0 Å². The predicted octanol–water partition coefficient (Wildman–Crippen LogP) is 0.277. The summed E-state index contributed by atoms with van der Waals surface area (Å²) >= 11 is 4.15. The molecular weight excluding hydrogens is 308 g/mol. The maximum Gasteiger partial charge on any atom is 0.329 e. The van der Waals surface area contributed by atoms with Crippen molar-refractivity contribution in [1.82, 2.24) is 4.90 Å². The normalized spacial score (nSPS) is 23.6. The summed E-state index contributed by atoms with van der Waals surface area (Å²) < 4.78 is 4.75. The second-order valence-corrected chi connectivity index (χ2v) is 6.01. The van der Waals surface area contributed by atoms with Gasteiger partial charge in [-0.3, -0.25) is 9.59 Å². The lowest BCUT2D eigenvalue weighted by atomic mass is 10.0. The van der Waals surface area contributed by atoms with Gasteiger partial charge >= 0.3 is 11.9 Å². The maximum atomic E-state index is 12.6. The molecule has 0 aromatic heterocycles. The van der Waals surface area contributed by atoms with Gasteiger partial charge in [-0.25, -0.2) is 4.79 Å². The number of nitrogens with zero attached hydrogens (tertiary/aromatic N) is 1. The van der Waals surface area contributed by atoms with Gasteiger partial charge in [0.05, 0.1) is 19.6 Å². The molecule has 0 aliphatic heterocycles. The maximum absolute atomic E-state index is 12.6. The van der Waals surface area contributed by atoms with Gasteiger partial charge in [-0.15, -0.1) is 0 Å². The summed E-state index contributed by atoms with van der Waals surface area (Å²) in [6, 6.07) is -2.19. The number of hydrogen-bond acceptors (Lipinski definition) is 6. The van der Waals surface area contributed by atoms with E-state index in [1.54, 1.807) is 0 Å². The number of carboxylic acids is 1. The molecule has 0 heterocycles. The Labute approximate surface area is 135 Å². The lowest BCUT2D eigenvalue weighted by molar-refractivity contribution is -0.155. The van der Waals surface area contributed by atoms with E-state index in [9.17, 15) is 14.4 Å². The van der Waals surface area contributed by atoms with Crippen LogP contribution in [0.5, 0.6) is 0 Å². The van der Waals surface area contributed by atoms with E-state index in [-0.39, 0.29) is 17.7 Å². The van der Waals surface area contributed by atoms with E-state index in [0.717, 1.165) is 19.3 Å². The first-order valence-corrected chi connectivity index (χ1v) is 7.94. The molecule has 0 saturated heterocycles. The third-order valence-corrected chi connectivity index (χ3v) is 4.47. The Kier molecular flexibility index (Phi) is 7.15. The standard InChI is InChI=1S/C14H24N2O5S/c1-8-4-3-5-10(8)16(11(7-22)14(20)21-2)13(19)9(15)6-12(17)18/h8-11,22H,3-7,15H2,1-2H3,(H,17,18)/t8?,9-,10?,11+/m0/s1. The van der Waals surface area contributed by atoms with Gasteiger partial charge in [-0.1, -0.05) is 13.3 Å². The van der Waals surface area contributed by atoms with E-state index in [2.05, 4.69) is 12.6 Å². The summed E-state index contributed by atoms with van der Waals surface area (Å²) in [5.74, 6) is -1.94. The molecule has 8 heteroatoms. The number of carbonyl (C=O) groups excluding carboxylic acids is 2. The minimum Gasteiger partial charge on any atom is -0.481 e. The SMILES string of the molecule is COC(=O)[C@@H](CS)N(C(=O)[C@@H](N)CC(=O)O)C1CCCC1C. The average molecular weight is 332 g/mol. The topological polar surface area (TPSA) is 110 Å². The molecule has 0 spiro atoms. The van der Waals surface area contributed by atoms with Crippen molar-refractivity contribution in [1.29, 1.82) is 0 Å². The van der Waals surface area contributed by atoms with Gasteiger partial charge in [0.15, 0.2) is 0 Å². The predicted molar refractivity (Wildman–Crippen MR) is 83.5 cm³/mol. The van der Waals surface area contributed by atoms with Gasteiger partial charge < -0.3 is 20.5 Å². The molecule has 1 aliphatic carbocycles. The van der Waals surface area contributed by atoms with Crippen LogP contribution in [0.1, 0.15) is 32.6 Å². The number of thiol groups is 1. The fraction of sp³-hybridized carbons (Fsp3) is 0.786. The van der Waals surface area contributed by atoms with Gasteiger partial charge in [0, 0.05) is 11.8 Å². The zero-order valence-electron chi connectivity index (χ0n) is 12.9. The molecule has 0 aromatic carbocycles. The fourth-order valence-electron chi connectivity index (χ4n) is 2.97. The molecule has 1 saturated carbocycles. The second-order valence-electron chi connectivity index (χ2n) is 5.65. The molecule has 22 heavy (non-hydrogen) atoms. The number of amides is 1. The number of methoxy groups -OCH3 is 1. The molecule has 0 bridgehead atoms. The molecule has 1 aliphatic rings. The zero-order valence-corrected chi connectivity index (χ0v) is 13.8. The lowest BCUT2D eigenvalue weighted by Gasteiger charge is -2.37. The van der Waals surface area contributed by atoms with Crippen LogP contribution in [0.2, 0.25) is 0 Å². The second kappa shape index (κ2) is 8.38. The van der Waals surface area contributed by atoms with Crippen molar-refractivity contribution in [2.75, 3.05) is 12.9 Å². The highest BCUT2D eigenvalue weighted by molar-refractivity contribution is 7.80. The molecular formula is C14H24N2O5S. The lowest BCUT2D eigenvalue weighted by Crippen LogP contribution is -2.57. The summed E-state index contributed by atoms with van der Waals surface area (Å²) in [5.41, 5.74) is 5.72. The first kappa shape index (κ1) is 18.8. The van der Waals surface area contributed by atoms with Gasteiger partial charge in [0.2, 0.25) is 5.91 Å². The quantitative estimate of drug-likeness (QED) is 0.456. The highest BCUT2D eigenvalue weighted by Gasteiger charge is 2.41. The Morgan fingerprint density at radius 2 is 2.05 bits per heavy atom. The van der Waals surface area contributed by atoms with Crippen molar-refractivity contribution in [3.8, 4) is 0 Å². The van der Waals surface area contributed by atoms with E-state index in [0.29, 0.717) is 0 Å². The fourth-order valence-corrected chi connectivity index (χ4v) is 3.29. The highest BCUT2D eigenvalue weighted by Crippen LogP contribution is 2.31. The first-order valence-electron chi connectivity index (χ1n) is 7.31. The van der Waals surface area contributed by atoms with Crippen molar-refractivity contribution < 1.29 is 24.2 Å². The zero-order chi connectivity index (χ0) is 16.9. The Bertz CT molecular complexity index is 431. The molecule has 3 N–H and O–H groups in total. The number of ether oxygens (including phenoxy) is 1. The van der Waals surface area contributed by atoms with Crippen molar-refractivity contribution in [2.24, 2.45) is 11.7 Å². The van der Waals surface area contributed by atoms with Crippen molar-refractivity contribution in [2.45, 2.75) is 50.7 Å². The minimum absolute atomic E-state index is 0.0986. The van der Waals surface area contributed by atoms with E-state index in [1.807, 2.05) is 6.92 Å². The third-order valence-electron chi connectivity index (χ3n) is 4.12. The third kappa shape index (κ3) is 4.36. The summed E-state index contributed by atoms with van der Waals surface area (Å²) in [4.78, 5) is 36.8. The Balaban J connectivity index is 3.06. The Hall–Kier alpha value is -1.28. The largest absolute Gasteiger partial charge is 0.481 e. The molecule has 0 aromatic rings. The van der Waals surface area contributed by atoms with Crippen LogP contribution in [-0.2, 0) is 19.1 Å². The number of esters is 1. The minimum atomic E-state index is -1.18. The van der Waals surface area contributed by atoms with E-state index < -0.39 is 36.4 Å². The van der Waals surface area contributed by atoms with Crippen LogP contribution in [0, 0.1) is 5.92 Å². The van der Waals surface area contributed by atoms with Crippen LogP contribution in [0.3, 0.4) is 0 Å². The summed E-state index contributed by atoms with van der Waals surface area (Å²) in [6.07, 6.45) is 2.18. The number of nitrogens with two attached hydrogens (primary N) is 1. The van der Waals surface area contributed by atoms with Gasteiger partial charge in [-0.05, 0) is 18.8 Å². The molecule has 0 radical (unpaired) electrons. The summed E-state index contributed by atoms with van der Waals surface area (Å²) in [5, 5.41) is 8.83. The van der Waals surface area contributed by atoms with Crippen LogP contribution in [0.15, 0.2) is 0 Å². The van der Waals surface area contributed by atoms with E-state index >= 15 is 0 Å². The number of carboxylic acid groups (broad SMARTS) is 1. The number of aliphatic carboxylic acids is 1. The molecule has 1 rings (SSSR count). The van der Waals surface area contributed by atoms with E-state index in [4.69, 9.17) is 15.6 Å². The molecule has 1 amide bonds. The number of carbonyl (C=O) groups is 3. The van der Waals surface area contributed by atoms with E-state index in [1.165, 1.54) is 12.0 Å². The van der Waals surface area contributed by atoms with Crippen LogP contribution < -0.4 is 5.73 Å². The molecule has 1 fully saturated rings. The number of rotatable bonds is 7. The van der Waals surface area contributed by atoms with Crippen molar-refractivity contribution in [3.63, 3.8) is 0 Å². The monoisotopic (exact) mass is 332 g/mol. The van der Waals surface area contributed by atoms with Gasteiger partial charge in [0.1, 0.15) is 6.04 Å².